The smallest absolute Gasteiger partial charge is 0.187 e. The standard InChI is InChI=1S/C12H13N2OS/c1-16(15)12-5-3-2-4-11(12)10-14-8-6-13-7-9-14/h2-9H,10H2,1H3/q+1. The summed E-state index contributed by atoms with van der Waals surface area (Å²) in [7, 11) is -0.943. The van der Waals surface area contributed by atoms with Crippen molar-refractivity contribution in [2.45, 2.75) is 11.4 Å². The van der Waals surface area contributed by atoms with Crippen molar-refractivity contribution >= 4 is 10.8 Å². The molecule has 0 radical (unpaired) electrons. The van der Waals surface area contributed by atoms with Crippen LogP contribution in [0.2, 0.25) is 0 Å². The lowest BCUT2D eigenvalue weighted by Crippen LogP contribution is -2.33. The predicted octanol–water partition coefficient (Wildman–Crippen LogP) is 1.15. The minimum atomic E-state index is -0.943. The van der Waals surface area contributed by atoms with E-state index in [4.69, 9.17) is 0 Å². The molecule has 0 saturated heterocycles. The van der Waals surface area contributed by atoms with Crippen molar-refractivity contribution in [3.63, 3.8) is 0 Å². The lowest BCUT2D eigenvalue weighted by Gasteiger charge is -2.03. The molecule has 0 fully saturated rings. The summed E-state index contributed by atoms with van der Waals surface area (Å²) in [5.74, 6) is 0. The number of hydrogen-bond acceptors (Lipinski definition) is 2. The normalized spacial score (nSPS) is 12.3. The van der Waals surface area contributed by atoms with Crippen molar-refractivity contribution in [2.75, 3.05) is 6.26 Å². The molecular weight excluding hydrogens is 220 g/mol. The zero-order valence-electron chi connectivity index (χ0n) is 9.04. The minimum Gasteiger partial charge on any atom is -0.255 e. The van der Waals surface area contributed by atoms with Gasteiger partial charge in [-0.25, -0.2) is 0 Å². The van der Waals surface area contributed by atoms with Crippen molar-refractivity contribution in [3.8, 4) is 0 Å². The molecule has 1 heterocycles. The molecule has 2 aromatic rings. The fourth-order valence-electron chi connectivity index (χ4n) is 1.56. The van der Waals surface area contributed by atoms with Crippen LogP contribution in [0.25, 0.3) is 0 Å². The SMILES string of the molecule is CS(=O)c1ccccc1C[n+]1ccncc1. The highest BCUT2D eigenvalue weighted by atomic mass is 32.2. The van der Waals surface area contributed by atoms with Gasteiger partial charge < -0.3 is 0 Å². The van der Waals surface area contributed by atoms with Gasteiger partial charge in [0.05, 0.1) is 23.2 Å². The highest BCUT2D eigenvalue weighted by Gasteiger charge is 2.09. The molecule has 0 bridgehead atoms. The molecule has 1 unspecified atom stereocenters. The molecule has 0 spiro atoms. The van der Waals surface area contributed by atoms with Crippen LogP contribution in [0.1, 0.15) is 5.56 Å². The summed E-state index contributed by atoms with van der Waals surface area (Å²) < 4.78 is 13.6. The van der Waals surface area contributed by atoms with Gasteiger partial charge in [0, 0.05) is 16.7 Å². The molecule has 2 rings (SSSR count). The Balaban J connectivity index is 2.31. The molecule has 0 N–H and O–H groups in total. The van der Waals surface area contributed by atoms with Gasteiger partial charge in [0.15, 0.2) is 18.9 Å². The summed E-state index contributed by atoms with van der Waals surface area (Å²) in [4.78, 5) is 4.86. The molecule has 1 atom stereocenters. The van der Waals surface area contributed by atoms with E-state index in [0.29, 0.717) is 0 Å². The Kier molecular flexibility index (Phi) is 3.41. The van der Waals surface area contributed by atoms with Crippen molar-refractivity contribution in [3.05, 3.63) is 54.6 Å². The van der Waals surface area contributed by atoms with Crippen LogP contribution in [-0.2, 0) is 17.3 Å². The van der Waals surface area contributed by atoms with Gasteiger partial charge >= 0.3 is 0 Å². The van der Waals surface area contributed by atoms with Crippen molar-refractivity contribution in [1.29, 1.82) is 0 Å². The maximum absolute atomic E-state index is 11.5. The van der Waals surface area contributed by atoms with Crippen molar-refractivity contribution in [2.24, 2.45) is 0 Å². The number of rotatable bonds is 3. The summed E-state index contributed by atoms with van der Waals surface area (Å²) in [5, 5.41) is 0. The Morgan fingerprint density at radius 1 is 1.25 bits per heavy atom. The van der Waals surface area contributed by atoms with Crippen LogP contribution >= 0.6 is 0 Å². The topological polar surface area (TPSA) is 33.8 Å². The van der Waals surface area contributed by atoms with Gasteiger partial charge in [-0.3, -0.25) is 9.19 Å². The average molecular weight is 233 g/mol. The highest BCUT2D eigenvalue weighted by Crippen LogP contribution is 2.11. The third-order valence-electron chi connectivity index (χ3n) is 2.32. The van der Waals surface area contributed by atoms with Crippen LogP contribution in [0.4, 0.5) is 0 Å². The first kappa shape index (κ1) is 11.0. The molecule has 16 heavy (non-hydrogen) atoms. The van der Waals surface area contributed by atoms with E-state index in [1.165, 1.54) is 0 Å². The van der Waals surface area contributed by atoms with E-state index in [1.807, 2.05) is 41.2 Å². The van der Waals surface area contributed by atoms with Crippen LogP contribution < -0.4 is 4.57 Å². The predicted molar refractivity (Wildman–Crippen MR) is 62.3 cm³/mol. The van der Waals surface area contributed by atoms with Gasteiger partial charge in [-0.1, -0.05) is 18.2 Å². The van der Waals surface area contributed by atoms with E-state index in [0.717, 1.165) is 17.0 Å². The molecule has 1 aromatic heterocycles. The van der Waals surface area contributed by atoms with Gasteiger partial charge in [-0.2, -0.15) is 4.57 Å². The maximum Gasteiger partial charge on any atom is 0.187 e. The Hall–Kier alpha value is -1.55. The zero-order valence-corrected chi connectivity index (χ0v) is 9.85. The van der Waals surface area contributed by atoms with Gasteiger partial charge in [0.1, 0.15) is 0 Å². The lowest BCUT2D eigenvalue weighted by molar-refractivity contribution is -0.689. The Labute approximate surface area is 97.2 Å². The summed E-state index contributed by atoms with van der Waals surface area (Å²) >= 11 is 0. The molecule has 0 aliphatic rings. The van der Waals surface area contributed by atoms with Gasteiger partial charge in [-0.05, 0) is 6.07 Å². The van der Waals surface area contributed by atoms with E-state index in [9.17, 15) is 4.21 Å². The van der Waals surface area contributed by atoms with Gasteiger partial charge in [0.25, 0.3) is 0 Å². The Morgan fingerprint density at radius 2 is 1.94 bits per heavy atom. The third kappa shape index (κ3) is 2.52. The van der Waals surface area contributed by atoms with Crippen LogP contribution in [-0.4, -0.2) is 15.4 Å². The molecule has 4 heteroatoms. The van der Waals surface area contributed by atoms with Gasteiger partial charge in [0.2, 0.25) is 0 Å². The molecule has 1 aromatic carbocycles. The largest absolute Gasteiger partial charge is 0.255 e. The first-order valence-electron chi connectivity index (χ1n) is 4.98. The molecule has 0 aliphatic carbocycles. The van der Waals surface area contributed by atoms with E-state index in [2.05, 4.69) is 4.98 Å². The van der Waals surface area contributed by atoms with Crippen LogP contribution in [0.15, 0.2) is 53.9 Å². The molecule has 82 valence electrons. The van der Waals surface area contributed by atoms with Crippen LogP contribution in [0.3, 0.4) is 0 Å². The molecule has 0 aliphatic heterocycles. The lowest BCUT2D eigenvalue weighted by atomic mass is 10.2. The summed E-state index contributed by atoms with van der Waals surface area (Å²) in [6.07, 6.45) is 8.98. The second-order valence-electron chi connectivity index (χ2n) is 3.48. The summed E-state index contributed by atoms with van der Waals surface area (Å²) in [6, 6.07) is 7.79. The highest BCUT2D eigenvalue weighted by molar-refractivity contribution is 7.84. The van der Waals surface area contributed by atoms with E-state index in [-0.39, 0.29) is 0 Å². The van der Waals surface area contributed by atoms with Gasteiger partial charge in [-0.15, -0.1) is 0 Å². The summed E-state index contributed by atoms with van der Waals surface area (Å²) in [6.45, 7) is 0.721. The Bertz CT molecular complexity index is 499. The van der Waals surface area contributed by atoms with E-state index < -0.39 is 10.8 Å². The minimum absolute atomic E-state index is 0.721. The van der Waals surface area contributed by atoms with Crippen molar-refractivity contribution in [1.82, 2.24) is 4.98 Å². The van der Waals surface area contributed by atoms with E-state index in [1.54, 1.807) is 18.6 Å². The fraction of sp³-hybridized carbons (Fsp3) is 0.167. The number of aromatic nitrogens is 2. The number of nitrogens with zero attached hydrogens (tertiary/aromatic N) is 2. The molecule has 0 saturated carbocycles. The summed E-state index contributed by atoms with van der Waals surface area (Å²) in [5.41, 5.74) is 1.08. The molecular formula is C12H13N2OS+. The Morgan fingerprint density at radius 3 is 2.62 bits per heavy atom. The molecule has 3 nitrogen and oxygen atoms in total. The first-order chi connectivity index (χ1) is 7.77. The maximum atomic E-state index is 11.5. The second kappa shape index (κ2) is 4.99. The third-order valence-corrected chi connectivity index (χ3v) is 3.34. The number of benzene rings is 1. The van der Waals surface area contributed by atoms with Crippen molar-refractivity contribution < 1.29 is 8.78 Å². The second-order valence-corrected chi connectivity index (χ2v) is 4.83. The number of hydrogen-bond donors (Lipinski definition) is 0. The van der Waals surface area contributed by atoms with Crippen LogP contribution in [0, 0.1) is 0 Å². The zero-order chi connectivity index (χ0) is 11.4. The first-order valence-corrected chi connectivity index (χ1v) is 6.53. The fourth-order valence-corrected chi connectivity index (χ4v) is 2.34. The molecule has 0 amide bonds. The average Bonchev–Trinajstić information content (AvgIpc) is 2.31. The van der Waals surface area contributed by atoms with E-state index >= 15 is 0 Å². The monoisotopic (exact) mass is 233 g/mol. The van der Waals surface area contributed by atoms with Crippen LogP contribution in [0.5, 0.6) is 0 Å². The quantitative estimate of drug-likeness (QED) is 0.745.